The monoisotopic (exact) mass is 404 g/mol. The SMILES string of the molecule is CCCCCCCCCCCCCCCCCCOC(=O)C=CC(=O)O.Cl. The van der Waals surface area contributed by atoms with Crippen LogP contribution in [0.4, 0.5) is 0 Å². The minimum Gasteiger partial charge on any atom is -0.478 e. The molecule has 0 rings (SSSR count). The molecule has 0 radical (unpaired) electrons. The predicted octanol–water partition coefficient (Wildman–Crippen LogP) is 6.85. The molecule has 5 heteroatoms. The van der Waals surface area contributed by atoms with Crippen molar-refractivity contribution < 1.29 is 19.4 Å². The summed E-state index contributed by atoms with van der Waals surface area (Å²) in [6, 6.07) is 0. The summed E-state index contributed by atoms with van der Waals surface area (Å²) >= 11 is 0. The number of rotatable bonds is 19. The van der Waals surface area contributed by atoms with Gasteiger partial charge >= 0.3 is 11.9 Å². The lowest BCUT2D eigenvalue weighted by atomic mass is 10.0. The number of carbonyl (C=O) groups excluding carboxylic acids is 1. The number of ether oxygens (including phenoxy) is 1. The molecule has 0 unspecified atom stereocenters. The average Bonchev–Trinajstić information content (AvgIpc) is 2.62. The lowest BCUT2D eigenvalue weighted by Gasteiger charge is -2.04. The molecule has 1 N–H and O–H groups in total. The van der Waals surface area contributed by atoms with E-state index in [0.717, 1.165) is 25.0 Å². The van der Waals surface area contributed by atoms with Crippen LogP contribution in [0.15, 0.2) is 12.2 Å². The molecular weight excluding hydrogens is 364 g/mol. The van der Waals surface area contributed by atoms with Crippen LogP contribution in [0.5, 0.6) is 0 Å². The van der Waals surface area contributed by atoms with Gasteiger partial charge in [-0.15, -0.1) is 12.4 Å². The van der Waals surface area contributed by atoms with Crippen molar-refractivity contribution in [3.63, 3.8) is 0 Å². The summed E-state index contributed by atoms with van der Waals surface area (Å²) in [7, 11) is 0. The normalized spacial score (nSPS) is 10.7. The quantitative estimate of drug-likeness (QED) is 0.145. The number of carboxylic acid groups (broad SMARTS) is 1. The van der Waals surface area contributed by atoms with E-state index in [9.17, 15) is 9.59 Å². The van der Waals surface area contributed by atoms with Crippen molar-refractivity contribution in [3.05, 3.63) is 12.2 Å². The first-order chi connectivity index (χ1) is 12.7. The minimum absolute atomic E-state index is 0. The van der Waals surface area contributed by atoms with Crippen LogP contribution in [0.3, 0.4) is 0 Å². The van der Waals surface area contributed by atoms with E-state index in [-0.39, 0.29) is 12.4 Å². The van der Waals surface area contributed by atoms with Gasteiger partial charge in [-0.3, -0.25) is 0 Å². The van der Waals surface area contributed by atoms with Gasteiger partial charge in [0.15, 0.2) is 0 Å². The maximum absolute atomic E-state index is 11.1. The van der Waals surface area contributed by atoms with E-state index in [2.05, 4.69) is 6.92 Å². The van der Waals surface area contributed by atoms with Crippen LogP contribution in [-0.2, 0) is 14.3 Å². The molecule has 0 fully saturated rings. The standard InChI is InChI=1S/C22H40O4.ClH/c1-2-3-4-5-6-7-8-9-10-11-12-13-14-15-16-17-20-26-22(25)19-18-21(23)24;/h18-19H,2-17,20H2,1H3,(H,23,24);1H. The fourth-order valence-corrected chi connectivity index (χ4v) is 3.01. The zero-order chi connectivity index (χ0) is 19.3. The lowest BCUT2D eigenvalue weighted by Crippen LogP contribution is -2.03. The first-order valence-electron chi connectivity index (χ1n) is 10.7. The highest BCUT2D eigenvalue weighted by Crippen LogP contribution is 2.13. The van der Waals surface area contributed by atoms with Crippen LogP contribution in [0.25, 0.3) is 0 Å². The molecule has 27 heavy (non-hydrogen) atoms. The van der Waals surface area contributed by atoms with Crippen molar-refractivity contribution in [2.24, 2.45) is 0 Å². The summed E-state index contributed by atoms with van der Waals surface area (Å²) in [6.07, 6.45) is 22.7. The molecule has 0 saturated heterocycles. The Hall–Kier alpha value is -1.03. The van der Waals surface area contributed by atoms with E-state index < -0.39 is 11.9 Å². The Labute approximate surface area is 172 Å². The third-order valence-electron chi connectivity index (χ3n) is 4.60. The molecule has 0 amide bonds. The molecule has 4 nitrogen and oxygen atoms in total. The number of halogens is 1. The summed E-state index contributed by atoms with van der Waals surface area (Å²) in [4.78, 5) is 21.4. The molecule has 160 valence electrons. The van der Waals surface area contributed by atoms with E-state index in [1.54, 1.807) is 0 Å². The number of unbranched alkanes of at least 4 members (excludes halogenated alkanes) is 15. The Kier molecular flexibility index (Phi) is 24.0. The molecule has 0 atom stereocenters. The third kappa shape index (κ3) is 25.0. The van der Waals surface area contributed by atoms with Crippen LogP contribution in [-0.4, -0.2) is 23.7 Å². The first-order valence-corrected chi connectivity index (χ1v) is 10.7. The topological polar surface area (TPSA) is 63.6 Å². The van der Waals surface area contributed by atoms with E-state index in [4.69, 9.17) is 9.84 Å². The Morgan fingerprint density at radius 2 is 1.04 bits per heavy atom. The molecule has 0 bridgehead atoms. The highest BCUT2D eigenvalue weighted by molar-refractivity contribution is 5.90. The largest absolute Gasteiger partial charge is 0.478 e. The maximum atomic E-state index is 11.1. The van der Waals surface area contributed by atoms with Crippen LogP contribution >= 0.6 is 12.4 Å². The van der Waals surface area contributed by atoms with Gasteiger partial charge in [0, 0.05) is 12.2 Å². The highest BCUT2D eigenvalue weighted by atomic mass is 35.5. The molecule has 0 aliphatic heterocycles. The van der Waals surface area contributed by atoms with E-state index in [1.165, 1.54) is 89.9 Å². The number of carbonyl (C=O) groups is 2. The van der Waals surface area contributed by atoms with Crippen molar-refractivity contribution >= 4 is 24.3 Å². The summed E-state index contributed by atoms with van der Waals surface area (Å²) < 4.78 is 4.92. The number of carboxylic acids is 1. The second-order valence-corrected chi connectivity index (χ2v) is 7.14. The van der Waals surface area contributed by atoms with Gasteiger partial charge in [0.25, 0.3) is 0 Å². The predicted molar refractivity (Wildman–Crippen MR) is 115 cm³/mol. The van der Waals surface area contributed by atoms with Crippen molar-refractivity contribution in [2.45, 2.75) is 110 Å². The van der Waals surface area contributed by atoms with E-state index in [0.29, 0.717) is 6.61 Å². The second-order valence-electron chi connectivity index (χ2n) is 7.14. The van der Waals surface area contributed by atoms with Gasteiger partial charge in [0.2, 0.25) is 0 Å². The molecule has 0 aliphatic rings. The zero-order valence-electron chi connectivity index (χ0n) is 17.3. The summed E-state index contributed by atoms with van der Waals surface area (Å²) in [5, 5.41) is 8.39. The van der Waals surface area contributed by atoms with Crippen LogP contribution in [0.1, 0.15) is 110 Å². The molecular formula is C22H41ClO4. The van der Waals surface area contributed by atoms with Gasteiger partial charge in [-0.1, -0.05) is 103 Å². The fourth-order valence-electron chi connectivity index (χ4n) is 3.01. The Morgan fingerprint density at radius 3 is 1.41 bits per heavy atom. The van der Waals surface area contributed by atoms with Gasteiger partial charge in [-0.05, 0) is 6.42 Å². The zero-order valence-corrected chi connectivity index (χ0v) is 18.1. The summed E-state index contributed by atoms with van der Waals surface area (Å²) in [6.45, 7) is 2.64. The Bertz CT molecular complexity index is 369. The van der Waals surface area contributed by atoms with Gasteiger partial charge in [0.05, 0.1) is 6.61 Å². The van der Waals surface area contributed by atoms with Gasteiger partial charge in [-0.2, -0.15) is 0 Å². The number of aliphatic carboxylic acids is 1. The first kappa shape index (κ1) is 28.2. The van der Waals surface area contributed by atoms with Gasteiger partial charge < -0.3 is 9.84 Å². The van der Waals surface area contributed by atoms with Gasteiger partial charge in [0.1, 0.15) is 0 Å². The molecule has 0 aliphatic carbocycles. The minimum atomic E-state index is -1.13. The Balaban J connectivity index is 0. The molecule has 0 saturated carbocycles. The summed E-state index contributed by atoms with van der Waals surface area (Å²) in [5.74, 6) is -1.71. The number of hydrogen-bond acceptors (Lipinski definition) is 3. The second kappa shape index (κ2) is 23.0. The summed E-state index contributed by atoms with van der Waals surface area (Å²) in [5.41, 5.74) is 0. The molecule has 0 aromatic rings. The fraction of sp³-hybridized carbons (Fsp3) is 0.818. The smallest absolute Gasteiger partial charge is 0.331 e. The van der Waals surface area contributed by atoms with Crippen LogP contribution < -0.4 is 0 Å². The average molecular weight is 405 g/mol. The Morgan fingerprint density at radius 1 is 0.667 bits per heavy atom. The molecule has 0 spiro atoms. The highest BCUT2D eigenvalue weighted by Gasteiger charge is 1.98. The van der Waals surface area contributed by atoms with Crippen molar-refractivity contribution in [2.75, 3.05) is 6.61 Å². The van der Waals surface area contributed by atoms with Crippen molar-refractivity contribution in [3.8, 4) is 0 Å². The van der Waals surface area contributed by atoms with Crippen LogP contribution in [0.2, 0.25) is 0 Å². The van der Waals surface area contributed by atoms with Crippen molar-refractivity contribution in [1.29, 1.82) is 0 Å². The van der Waals surface area contributed by atoms with E-state index >= 15 is 0 Å². The van der Waals surface area contributed by atoms with Crippen LogP contribution in [0, 0.1) is 0 Å². The third-order valence-corrected chi connectivity index (χ3v) is 4.60. The number of esters is 1. The molecule has 0 aromatic heterocycles. The van der Waals surface area contributed by atoms with E-state index in [1.807, 2.05) is 0 Å². The molecule has 0 heterocycles. The molecule has 0 aromatic carbocycles. The maximum Gasteiger partial charge on any atom is 0.331 e. The van der Waals surface area contributed by atoms with Gasteiger partial charge in [-0.25, -0.2) is 9.59 Å². The number of hydrogen-bond donors (Lipinski definition) is 1. The van der Waals surface area contributed by atoms with Crippen molar-refractivity contribution in [1.82, 2.24) is 0 Å². The lowest BCUT2D eigenvalue weighted by molar-refractivity contribution is -0.138.